The molecule has 0 saturated heterocycles. The molecule has 0 amide bonds. The van der Waals surface area contributed by atoms with Crippen LogP contribution < -0.4 is 0 Å². The standard InChI is InChI=1S/C14H13ClN4O/c1-2-12(19-9-11(15)8-16-19)14-17-13(18-20-14)10-6-4-3-5-7-10/h3-9,12H,2H2,1H3. The number of benzene rings is 1. The van der Waals surface area contributed by atoms with Crippen molar-refractivity contribution in [3.05, 3.63) is 53.6 Å². The highest BCUT2D eigenvalue weighted by molar-refractivity contribution is 6.30. The Bertz CT molecular complexity index is 692. The number of hydrogen-bond acceptors (Lipinski definition) is 4. The van der Waals surface area contributed by atoms with Crippen LogP contribution in [-0.4, -0.2) is 19.9 Å². The summed E-state index contributed by atoms with van der Waals surface area (Å²) in [6.07, 6.45) is 4.13. The minimum atomic E-state index is -0.104. The quantitative estimate of drug-likeness (QED) is 0.736. The third-order valence-corrected chi connectivity index (χ3v) is 3.23. The topological polar surface area (TPSA) is 56.7 Å². The second kappa shape index (κ2) is 5.46. The highest BCUT2D eigenvalue weighted by Crippen LogP contribution is 2.24. The lowest BCUT2D eigenvalue weighted by Gasteiger charge is -2.09. The van der Waals surface area contributed by atoms with Gasteiger partial charge in [-0.05, 0) is 6.42 Å². The smallest absolute Gasteiger partial charge is 0.251 e. The first kappa shape index (κ1) is 12.9. The van der Waals surface area contributed by atoms with E-state index >= 15 is 0 Å². The number of aromatic nitrogens is 4. The van der Waals surface area contributed by atoms with Crippen molar-refractivity contribution in [1.82, 2.24) is 19.9 Å². The molecule has 1 unspecified atom stereocenters. The Hall–Kier alpha value is -2.14. The maximum atomic E-state index is 5.90. The first-order valence-corrected chi connectivity index (χ1v) is 6.74. The molecule has 2 heterocycles. The number of nitrogens with zero attached hydrogens (tertiary/aromatic N) is 4. The second-order valence-corrected chi connectivity index (χ2v) is 4.82. The zero-order valence-corrected chi connectivity index (χ0v) is 11.7. The van der Waals surface area contributed by atoms with Gasteiger partial charge >= 0.3 is 0 Å². The van der Waals surface area contributed by atoms with Crippen molar-refractivity contribution in [3.63, 3.8) is 0 Å². The molecule has 0 N–H and O–H groups in total. The Morgan fingerprint density at radius 2 is 2.10 bits per heavy atom. The molecule has 3 aromatic rings. The van der Waals surface area contributed by atoms with E-state index in [-0.39, 0.29) is 6.04 Å². The van der Waals surface area contributed by atoms with Gasteiger partial charge in [-0.3, -0.25) is 4.68 Å². The van der Waals surface area contributed by atoms with Gasteiger partial charge < -0.3 is 4.52 Å². The van der Waals surface area contributed by atoms with E-state index in [2.05, 4.69) is 15.2 Å². The van der Waals surface area contributed by atoms with E-state index in [0.717, 1.165) is 12.0 Å². The molecule has 0 aliphatic carbocycles. The fourth-order valence-corrected chi connectivity index (χ4v) is 2.18. The Morgan fingerprint density at radius 1 is 1.30 bits per heavy atom. The summed E-state index contributed by atoms with van der Waals surface area (Å²) in [5.74, 6) is 1.11. The van der Waals surface area contributed by atoms with Crippen LogP contribution in [0.25, 0.3) is 11.4 Å². The van der Waals surface area contributed by atoms with Crippen LogP contribution in [0.1, 0.15) is 25.3 Å². The van der Waals surface area contributed by atoms with Crippen LogP contribution in [-0.2, 0) is 0 Å². The van der Waals surface area contributed by atoms with Crippen LogP contribution in [0.4, 0.5) is 0 Å². The predicted octanol–water partition coefficient (Wildman–Crippen LogP) is 3.59. The summed E-state index contributed by atoms with van der Waals surface area (Å²) in [7, 11) is 0. The van der Waals surface area contributed by atoms with E-state index in [0.29, 0.717) is 16.7 Å². The molecule has 0 aliphatic heterocycles. The van der Waals surface area contributed by atoms with Gasteiger partial charge in [-0.25, -0.2) is 0 Å². The maximum Gasteiger partial charge on any atom is 0.251 e. The van der Waals surface area contributed by atoms with Crippen molar-refractivity contribution in [2.45, 2.75) is 19.4 Å². The minimum absolute atomic E-state index is 0.104. The molecule has 3 rings (SSSR count). The van der Waals surface area contributed by atoms with E-state index in [4.69, 9.17) is 16.1 Å². The lowest BCUT2D eigenvalue weighted by molar-refractivity contribution is 0.321. The normalized spacial score (nSPS) is 12.5. The average Bonchev–Trinajstić information content (AvgIpc) is 3.11. The van der Waals surface area contributed by atoms with Crippen molar-refractivity contribution >= 4 is 11.6 Å². The largest absolute Gasteiger partial charge is 0.337 e. The van der Waals surface area contributed by atoms with E-state index < -0.39 is 0 Å². The summed E-state index contributed by atoms with van der Waals surface area (Å²) in [6.45, 7) is 2.03. The summed E-state index contributed by atoms with van der Waals surface area (Å²) < 4.78 is 7.11. The number of rotatable bonds is 4. The average molecular weight is 289 g/mol. The minimum Gasteiger partial charge on any atom is -0.337 e. The van der Waals surface area contributed by atoms with Crippen molar-refractivity contribution in [2.75, 3.05) is 0 Å². The highest BCUT2D eigenvalue weighted by Gasteiger charge is 2.20. The Labute approximate surface area is 121 Å². The van der Waals surface area contributed by atoms with Gasteiger partial charge in [-0.2, -0.15) is 10.1 Å². The van der Waals surface area contributed by atoms with Gasteiger partial charge in [0, 0.05) is 11.8 Å². The molecule has 6 heteroatoms. The molecule has 1 aromatic carbocycles. The molecule has 0 fully saturated rings. The fourth-order valence-electron chi connectivity index (χ4n) is 2.04. The molecule has 20 heavy (non-hydrogen) atoms. The van der Waals surface area contributed by atoms with E-state index in [1.165, 1.54) is 0 Å². The molecule has 2 aromatic heterocycles. The van der Waals surface area contributed by atoms with Crippen LogP contribution in [0.15, 0.2) is 47.2 Å². The lowest BCUT2D eigenvalue weighted by atomic mass is 10.2. The Morgan fingerprint density at radius 3 is 2.75 bits per heavy atom. The number of hydrogen-bond donors (Lipinski definition) is 0. The first-order chi connectivity index (χ1) is 9.78. The molecular formula is C14H13ClN4O. The molecule has 0 spiro atoms. The van der Waals surface area contributed by atoms with E-state index in [9.17, 15) is 0 Å². The molecule has 0 radical (unpaired) electrons. The van der Waals surface area contributed by atoms with Crippen LogP contribution in [0.2, 0.25) is 5.02 Å². The first-order valence-electron chi connectivity index (χ1n) is 6.36. The third kappa shape index (κ3) is 2.44. The van der Waals surface area contributed by atoms with Gasteiger partial charge in [-0.15, -0.1) is 0 Å². The highest BCUT2D eigenvalue weighted by atomic mass is 35.5. The molecular weight excluding hydrogens is 276 g/mol. The molecule has 0 bridgehead atoms. The van der Waals surface area contributed by atoms with Crippen LogP contribution >= 0.6 is 11.6 Å². The predicted molar refractivity (Wildman–Crippen MR) is 75.4 cm³/mol. The zero-order valence-electron chi connectivity index (χ0n) is 10.9. The Kier molecular flexibility index (Phi) is 3.52. The SMILES string of the molecule is CCC(c1nc(-c2ccccc2)no1)n1cc(Cl)cn1. The van der Waals surface area contributed by atoms with Crippen LogP contribution in [0, 0.1) is 0 Å². The summed E-state index contributed by atoms with van der Waals surface area (Å²) in [6, 6.07) is 9.62. The lowest BCUT2D eigenvalue weighted by Crippen LogP contribution is -2.10. The van der Waals surface area contributed by atoms with Crippen molar-refractivity contribution in [3.8, 4) is 11.4 Å². The second-order valence-electron chi connectivity index (χ2n) is 4.38. The zero-order chi connectivity index (χ0) is 13.9. The van der Waals surface area contributed by atoms with E-state index in [1.807, 2.05) is 37.3 Å². The van der Waals surface area contributed by atoms with Crippen molar-refractivity contribution < 1.29 is 4.52 Å². The molecule has 5 nitrogen and oxygen atoms in total. The summed E-state index contributed by atoms with van der Waals surface area (Å²) in [5, 5.41) is 8.82. The van der Waals surface area contributed by atoms with Gasteiger partial charge in [0.15, 0.2) is 0 Å². The fraction of sp³-hybridized carbons (Fsp3) is 0.214. The molecule has 0 saturated carbocycles. The van der Waals surface area contributed by atoms with Crippen molar-refractivity contribution in [1.29, 1.82) is 0 Å². The van der Waals surface area contributed by atoms with Gasteiger partial charge in [-0.1, -0.05) is 54.0 Å². The molecule has 102 valence electrons. The summed E-state index contributed by atoms with van der Waals surface area (Å²) in [4.78, 5) is 4.46. The van der Waals surface area contributed by atoms with E-state index in [1.54, 1.807) is 17.1 Å². The maximum absolute atomic E-state index is 5.90. The third-order valence-electron chi connectivity index (χ3n) is 3.03. The van der Waals surface area contributed by atoms with Crippen LogP contribution in [0.5, 0.6) is 0 Å². The number of halogens is 1. The summed E-state index contributed by atoms with van der Waals surface area (Å²) >= 11 is 5.90. The van der Waals surface area contributed by atoms with Crippen LogP contribution in [0.3, 0.4) is 0 Å². The van der Waals surface area contributed by atoms with Gasteiger partial charge in [0.1, 0.15) is 6.04 Å². The summed E-state index contributed by atoms with van der Waals surface area (Å²) in [5.41, 5.74) is 0.927. The van der Waals surface area contributed by atoms with Crippen molar-refractivity contribution in [2.24, 2.45) is 0 Å². The monoisotopic (exact) mass is 288 g/mol. The molecule has 1 atom stereocenters. The Balaban J connectivity index is 1.92. The van der Waals surface area contributed by atoms with Gasteiger partial charge in [0.2, 0.25) is 5.82 Å². The van der Waals surface area contributed by atoms with Gasteiger partial charge in [0.05, 0.1) is 11.2 Å². The van der Waals surface area contributed by atoms with Gasteiger partial charge in [0.25, 0.3) is 5.89 Å². The molecule has 0 aliphatic rings.